The number of esters is 3. The number of ether oxygens (including phenoxy) is 3. The molecule has 0 bridgehead atoms. The van der Waals surface area contributed by atoms with Crippen LogP contribution < -0.4 is 0 Å². The van der Waals surface area contributed by atoms with Crippen molar-refractivity contribution >= 4 is 17.9 Å². The smallest absolute Gasteiger partial charge is 0.306 e. The normalized spacial score (nSPS) is 12.3. The van der Waals surface area contributed by atoms with Crippen LogP contribution in [0.3, 0.4) is 0 Å². The molecule has 0 rings (SSSR count). The predicted molar refractivity (Wildman–Crippen MR) is 335 cm³/mol. The second-order valence-electron chi connectivity index (χ2n) is 23.1. The third-order valence-electron chi connectivity index (χ3n) is 15.3. The van der Waals surface area contributed by atoms with E-state index in [1.165, 1.54) is 244 Å². The molecule has 77 heavy (non-hydrogen) atoms. The number of unbranched alkanes of at least 4 members (excludes halogenated alkanes) is 44. The van der Waals surface area contributed by atoms with Gasteiger partial charge in [-0.2, -0.15) is 0 Å². The van der Waals surface area contributed by atoms with Crippen LogP contribution in [0.15, 0.2) is 48.6 Å². The van der Waals surface area contributed by atoms with Crippen LogP contribution in [0.1, 0.15) is 367 Å². The van der Waals surface area contributed by atoms with E-state index in [0.717, 1.165) is 83.5 Å². The van der Waals surface area contributed by atoms with Crippen molar-refractivity contribution in [3.05, 3.63) is 48.6 Å². The summed E-state index contributed by atoms with van der Waals surface area (Å²) in [5.41, 5.74) is 0. The van der Waals surface area contributed by atoms with E-state index >= 15 is 0 Å². The van der Waals surface area contributed by atoms with E-state index in [4.69, 9.17) is 14.2 Å². The van der Waals surface area contributed by atoms with Crippen LogP contribution in [0, 0.1) is 0 Å². The van der Waals surface area contributed by atoms with E-state index in [9.17, 15) is 14.4 Å². The molecule has 1 atom stereocenters. The molecule has 6 nitrogen and oxygen atoms in total. The Morgan fingerprint density at radius 1 is 0.260 bits per heavy atom. The van der Waals surface area contributed by atoms with Crippen molar-refractivity contribution in [2.75, 3.05) is 13.2 Å². The number of carbonyl (C=O) groups is 3. The molecule has 0 aliphatic heterocycles. The Morgan fingerprint density at radius 2 is 0.468 bits per heavy atom. The van der Waals surface area contributed by atoms with Gasteiger partial charge in [0.25, 0.3) is 0 Å². The Hall–Kier alpha value is -2.63. The summed E-state index contributed by atoms with van der Waals surface area (Å²) in [5, 5.41) is 0. The minimum absolute atomic E-state index is 0.0776. The van der Waals surface area contributed by atoms with Gasteiger partial charge < -0.3 is 14.2 Å². The quantitative estimate of drug-likeness (QED) is 0.0261. The molecule has 0 aromatic heterocycles. The molecule has 0 aliphatic carbocycles. The molecular weight excluding hydrogens is 949 g/mol. The maximum Gasteiger partial charge on any atom is 0.306 e. The highest BCUT2D eigenvalue weighted by molar-refractivity contribution is 5.71. The third kappa shape index (κ3) is 64.1. The lowest BCUT2D eigenvalue weighted by Gasteiger charge is -2.18. The van der Waals surface area contributed by atoms with Crippen LogP contribution in [0.2, 0.25) is 0 Å². The van der Waals surface area contributed by atoms with E-state index in [-0.39, 0.29) is 31.1 Å². The fourth-order valence-corrected chi connectivity index (χ4v) is 10.2. The Balaban J connectivity index is 4.24. The lowest BCUT2D eigenvalue weighted by molar-refractivity contribution is -0.167. The van der Waals surface area contributed by atoms with Gasteiger partial charge in [-0.05, 0) is 83.5 Å². The van der Waals surface area contributed by atoms with Gasteiger partial charge in [0.05, 0.1) is 0 Å². The van der Waals surface area contributed by atoms with E-state index in [1.54, 1.807) is 0 Å². The van der Waals surface area contributed by atoms with Gasteiger partial charge in [0.15, 0.2) is 6.10 Å². The highest BCUT2D eigenvalue weighted by atomic mass is 16.6. The predicted octanol–water partition coefficient (Wildman–Crippen LogP) is 23.3. The van der Waals surface area contributed by atoms with E-state index < -0.39 is 6.10 Å². The Bertz CT molecular complexity index is 1330. The SMILES string of the molecule is CCCCC/C=C\CCCCCCCC(=O)OCC(COC(=O)CCCCCCCCCCCCCCCCCCCCCCCCCCCC)OC(=O)CCCCCCCC/C=C\C/C=C\C/C=C\CCCCCCC. The van der Waals surface area contributed by atoms with Crippen molar-refractivity contribution in [3.63, 3.8) is 0 Å². The molecule has 450 valence electrons. The molecule has 0 aliphatic rings. The first-order chi connectivity index (χ1) is 38.0. The third-order valence-corrected chi connectivity index (χ3v) is 15.3. The number of hydrogen-bond donors (Lipinski definition) is 0. The first kappa shape index (κ1) is 74.4. The molecule has 0 radical (unpaired) electrons. The lowest BCUT2D eigenvalue weighted by atomic mass is 10.0. The highest BCUT2D eigenvalue weighted by Crippen LogP contribution is 2.18. The molecule has 0 N–H and O–H groups in total. The number of allylic oxidation sites excluding steroid dienone is 8. The number of rotatable bonds is 63. The zero-order valence-electron chi connectivity index (χ0n) is 51.7. The molecule has 0 saturated carbocycles. The van der Waals surface area contributed by atoms with Crippen LogP contribution in [0.4, 0.5) is 0 Å². The van der Waals surface area contributed by atoms with Crippen molar-refractivity contribution in [1.29, 1.82) is 0 Å². The minimum atomic E-state index is -0.783. The summed E-state index contributed by atoms with van der Waals surface area (Å²) < 4.78 is 16.9. The van der Waals surface area contributed by atoms with Crippen LogP contribution in [-0.2, 0) is 28.6 Å². The van der Waals surface area contributed by atoms with E-state index in [1.807, 2.05) is 0 Å². The van der Waals surface area contributed by atoms with Gasteiger partial charge in [-0.15, -0.1) is 0 Å². The Kier molecular flexibility index (Phi) is 63.6. The van der Waals surface area contributed by atoms with Gasteiger partial charge in [0.2, 0.25) is 0 Å². The average Bonchev–Trinajstić information content (AvgIpc) is 3.43. The highest BCUT2D eigenvalue weighted by Gasteiger charge is 2.19. The molecular formula is C71H130O6. The first-order valence-corrected chi connectivity index (χ1v) is 34.1. The van der Waals surface area contributed by atoms with Crippen molar-refractivity contribution in [3.8, 4) is 0 Å². The Morgan fingerprint density at radius 3 is 0.766 bits per heavy atom. The molecule has 0 aromatic rings. The van der Waals surface area contributed by atoms with Gasteiger partial charge in [-0.1, -0.05) is 313 Å². The number of carbonyl (C=O) groups excluding carboxylic acids is 3. The van der Waals surface area contributed by atoms with E-state index in [0.29, 0.717) is 19.3 Å². The maximum atomic E-state index is 12.9. The largest absolute Gasteiger partial charge is 0.462 e. The molecule has 6 heteroatoms. The van der Waals surface area contributed by atoms with Crippen LogP contribution >= 0.6 is 0 Å². The van der Waals surface area contributed by atoms with Gasteiger partial charge in [-0.25, -0.2) is 0 Å². The fraction of sp³-hybridized carbons (Fsp3) is 0.845. The zero-order valence-corrected chi connectivity index (χ0v) is 51.7. The van der Waals surface area contributed by atoms with Crippen molar-refractivity contribution in [2.45, 2.75) is 374 Å². The molecule has 0 fully saturated rings. The molecule has 1 unspecified atom stereocenters. The monoisotopic (exact) mass is 1080 g/mol. The summed E-state index contributed by atoms with van der Waals surface area (Å²) >= 11 is 0. The fourth-order valence-electron chi connectivity index (χ4n) is 10.2. The van der Waals surface area contributed by atoms with Gasteiger partial charge in [0.1, 0.15) is 13.2 Å². The summed E-state index contributed by atoms with van der Waals surface area (Å²) in [6.45, 7) is 6.65. The van der Waals surface area contributed by atoms with Gasteiger partial charge in [0, 0.05) is 19.3 Å². The van der Waals surface area contributed by atoms with E-state index in [2.05, 4.69) is 69.4 Å². The molecule has 0 amide bonds. The summed E-state index contributed by atoms with van der Waals surface area (Å²) in [7, 11) is 0. The van der Waals surface area contributed by atoms with Crippen molar-refractivity contribution < 1.29 is 28.6 Å². The second kappa shape index (κ2) is 65.9. The number of hydrogen-bond acceptors (Lipinski definition) is 6. The topological polar surface area (TPSA) is 78.9 Å². The maximum absolute atomic E-state index is 12.9. The molecule has 0 heterocycles. The molecule has 0 aromatic carbocycles. The Labute approximate surface area is 479 Å². The summed E-state index contributed by atoms with van der Waals surface area (Å²) in [6, 6.07) is 0. The average molecular weight is 1080 g/mol. The molecule has 0 spiro atoms. The van der Waals surface area contributed by atoms with Crippen LogP contribution in [0.5, 0.6) is 0 Å². The van der Waals surface area contributed by atoms with Crippen LogP contribution in [0.25, 0.3) is 0 Å². The van der Waals surface area contributed by atoms with Crippen molar-refractivity contribution in [1.82, 2.24) is 0 Å². The standard InChI is InChI=1S/C71H130O6/c1-4-7-10-13-16-19-22-25-27-29-31-33-34-35-36-37-39-40-42-44-46-49-52-55-58-61-64-70(73)76-67-68(66-75-69(72)63-60-57-54-51-48-24-21-18-15-12-9-6-3)77-71(74)65-62-59-56-53-50-47-45-43-41-38-32-30-28-26-23-20-17-14-11-8-5-2/h18,21,23,26,30,32,41,43,68H,4-17,19-20,22,24-25,27-29,31,33-40,42,44-67H2,1-3H3/b21-18-,26-23-,32-30-,43-41-. The van der Waals surface area contributed by atoms with Gasteiger partial charge >= 0.3 is 17.9 Å². The van der Waals surface area contributed by atoms with Gasteiger partial charge in [-0.3, -0.25) is 14.4 Å². The minimum Gasteiger partial charge on any atom is -0.462 e. The lowest BCUT2D eigenvalue weighted by Crippen LogP contribution is -2.30. The van der Waals surface area contributed by atoms with Crippen LogP contribution in [-0.4, -0.2) is 37.2 Å². The molecule has 0 saturated heterocycles. The first-order valence-electron chi connectivity index (χ1n) is 34.1. The zero-order chi connectivity index (χ0) is 55.7. The van der Waals surface area contributed by atoms with Crippen molar-refractivity contribution in [2.24, 2.45) is 0 Å². The summed E-state index contributed by atoms with van der Waals surface area (Å²) in [4.78, 5) is 38.3. The summed E-state index contributed by atoms with van der Waals surface area (Å²) in [5.74, 6) is -0.878. The second-order valence-corrected chi connectivity index (χ2v) is 23.1. The summed E-state index contributed by atoms with van der Waals surface area (Å²) in [6.07, 6.45) is 82.8.